The highest BCUT2D eigenvalue weighted by molar-refractivity contribution is 7.92. The quantitative estimate of drug-likeness (QED) is 0.509. The van der Waals surface area contributed by atoms with Gasteiger partial charge in [-0.3, -0.25) is 14.4 Å². The topological polar surface area (TPSA) is 78.5 Å². The molecule has 1 aliphatic rings. The summed E-state index contributed by atoms with van der Waals surface area (Å²) in [5, 5.41) is 2.90. The molecule has 1 amide bonds. The van der Waals surface area contributed by atoms with E-state index in [-0.39, 0.29) is 22.5 Å². The summed E-state index contributed by atoms with van der Waals surface area (Å²) in [5.74, 6) is -0.404. The van der Waals surface area contributed by atoms with Crippen molar-refractivity contribution < 1.29 is 17.6 Å². The van der Waals surface area contributed by atoms with Crippen molar-refractivity contribution >= 4 is 27.3 Å². The summed E-state index contributed by atoms with van der Waals surface area (Å²) in [6.07, 6.45) is 1.47. The molecule has 0 aromatic heterocycles. The maximum absolute atomic E-state index is 13.1. The van der Waals surface area contributed by atoms with Gasteiger partial charge in [0.2, 0.25) is 5.91 Å². The van der Waals surface area contributed by atoms with E-state index in [2.05, 4.69) is 14.9 Å². The Balaban J connectivity index is 1.29. The third-order valence-electron chi connectivity index (χ3n) is 6.01. The molecular weight excluding hydrogens is 453 g/mol. The molecule has 1 heterocycles. The minimum atomic E-state index is -3.72. The summed E-state index contributed by atoms with van der Waals surface area (Å²) in [6, 6.07) is 19.8. The number of benzene rings is 3. The molecule has 4 rings (SSSR count). The Kier molecular flexibility index (Phi) is 7.29. The van der Waals surface area contributed by atoms with Crippen molar-refractivity contribution in [3.05, 3.63) is 89.7 Å². The molecule has 1 saturated heterocycles. The van der Waals surface area contributed by atoms with Gasteiger partial charge in [0.05, 0.1) is 4.90 Å². The molecule has 0 atom stereocenters. The molecule has 0 unspecified atom stereocenters. The number of rotatable bonds is 7. The van der Waals surface area contributed by atoms with Gasteiger partial charge in [-0.05, 0) is 86.9 Å². The molecule has 0 bridgehead atoms. The van der Waals surface area contributed by atoms with E-state index in [9.17, 15) is 17.6 Å². The second-order valence-corrected chi connectivity index (χ2v) is 10.3. The predicted molar refractivity (Wildman–Crippen MR) is 131 cm³/mol. The molecule has 1 aliphatic heterocycles. The van der Waals surface area contributed by atoms with Crippen molar-refractivity contribution in [1.29, 1.82) is 0 Å². The van der Waals surface area contributed by atoms with Crippen LogP contribution in [0.1, 0.15) is 24.0 Å². The van der Waals surface area contributed by atoms with Crippen molar-refractivity contribution in [3.63, 3.8) is 0 Å². The van der Waals surface area contributed by atoms with E-state index in [0.717, 1.165) is 43.6 Å². The van der Waals surface area contributed by atoms with E-state index in [1.54, 1.807) is 36.4 Å². The van der Waals surface area contributed by atoms with E-state index < -0.39 is 10.0 Å². The molecule has 0 spiro atoms. The number of anilines is 2. The Hall–Kier alpha value is -3.23. The van der Waals surface area contributed by atoms with Crippen molar-refractivity contribution in [2.75, 3.05) is 23.1 Å². The minimum Gasteiger partial charge on any atom is -0.326 e. The van der Waals surface area contributed by atoms with Gasteiger partial charge in [-0.15, -0.1) is 0 Å². The maximum Gasteiger partial charge on any atom is 0.261 e. The first-order valence-corrected chi connectivity index (χ1v) is 12.7. The number of carbonyl (C=O) groups is 1. The smallest absolute Gasteiger partial charge is 0.261 e. The number of hydrogen-bond donors (Lipinski definition) is 2. The van der Waals surface area contributed by atoms with Crippen LogP contribution < -0.4 is 10.0 Å². The lowest BCUT2D eigenvalue weighted by atomic mass is 9.95. The zero-order valence-electron chi connectivity index (χ0n) is 19.0. The van der Waals surface area contributed by atoms with Crippen molar-refractivity contribution in [1.82, 2.24) is 4.90 Å². The van der Waals surface area contributed by atoms with Crippen molar-refractivity contribution in [2.45, 2.75) is 31.2 Å². The average molecular weight is 482 g/mol. The molecule has 3 aromatic rings. The molecule has 1 fully saturated rings. The Labute approximate surface area is 199 Å². The van der Waals surface area contributed by atoms with Crippen LogP contribution >= 0.6 is 0 Å². The Morgan fingerprint density at radius 2 is 1.50 bits per heavy atom. The highest BCUT2D eigenvalue weighted by Crippen LogP contribution is 2.23. The van der Waals surface area contributed by atoms with Gasteiger partial charge in [0.15, 0.2) is 0 Å². The first kappa shape index (κ1) is 23.9. The standard InChI is InChI=1S/C26H28FN3O3S/c1-19-2-8-24(9-3-19)29-34(32,33)25-12-10-23(11-13-25)28-26(31)21-14-16-30(17-15-21)18-20-4-6-22(27)7-5-20/h2-13,21,29H,14-18H2,1H3,(H,28,31). The molecule has 2 N–H and O–H groups in total. The Morgan fingerprint density at radius 1 is 0.912 bits per heavy atom. The Morgan fingerprint density at radius 3 is 2.12 bits per heavy atom. The molecule has 0 aliphatic carbocycles. The normalized spacial score (nSPS) is 15.1. The van der Waals surface area contributed by atoms with Gasteiger partial charge in [0.25, 0.3) is 10.0 Å². The molecule has 6 nitrogen and oxygen atoms in total. The second kappa shape index (κ2) is 10.4. The SMILES string of the molecule is Cc1ccc(NS(=O)(=O)c2ccc(NC(=O)C3CCN(Cc4ccc(F)cc4)CC3)cc2)cc1. The van der Waals surface area contributed by atoms with Gasteiger partial charge in [0, 0.05) is 23.8 Å². The fourth-order valence-corrected chi connectivity index (χ4v) is 5.06. The lowest BCUT2D eigenvalue weighted by Gasteiger charge is -2.31. The van der Waals surface area contributed by atoms with Gasteiger partial charge < -0.3 is 5.32 Å². The highest BCUT2D eigenvalue weighted by atomic mass is 32.2. The number of likely N-dealkylation sites (tertiary alicyclic amines) is 1. The van der Waals surface area contributed by atoms with Crippen molar-refractivity contribution in [2.24, 2.45) is 5.92 Å². The van der Waals surface area contributed by atoms with Crippen LogP contribution in [-0.4, -0.2) is 32.3 Å². The van der Waals surface area contributed by atoms with Crippen LogP contribution in [0.25, 0.3) is 0 Å². The predicted octanol–water partition coefficient (Wildman–Crippen LogP) is 4.79. The fraction of sp³-hybridized carbons (Fsp3) is 0.269. The zero-order chi connectivity index (χ0) is 24.1. The number of aryl methyl sites for hydroxylation is 1. The van der Waals surface area contributed by atoms with Crippen LogP contribution in [0.15, 0.2) is 77.7 Å². The van der Waals surface area contributed by atoms with Gasteiger partial charge in [-0.1, -0.05) is 29.8 Å². The van der Waals surface area contributed by atoms with Crippen LogP contribution in [0, 0.1) is 18.7 Å². The van der Waals surface area contributed by atoms with Gasteiger partial charge in [-0.2, -0.15) is 0 Å². The molecule has 8 heteroatoms. The fourth-order valence-electron chi connectivity index (χ4n) is 4.00. The Bertz CT molecular complexity index is 1220. The lowest BCUT2D eigenvalue weighted by molar-refractivity contribution is -0.121. The number of sulfonamides is 1. The molecule has 0 saturated carbocycles. The number of amides is 1. The van der Waals surface area contributed by atoms with Crippen LogP contribution in [0.3, 0.4) is 0 Å². The zero-order valence-corrected chi connectivity index (χ0v) is 19.8. The van der Waals surface area contributed by atoms with Crippen LogP contribution in [0.5, 0.6) is 0 Å². The van der Waals surface area contributed by atoms with E-state index in [0.29, 0.717) is 11.4 Å². The van der Waals surface area contributed by atoms with Crippen LogP contribution in [0.2, 0.25) is 0 Å². The number of nitrogens with zero attached hydrogens (tertiary/aromatic N) is 1. The number of piperidine rings is 1. The van der Waals surface area contributed by atoms with E-state index in [4.69, 9.17) is 0 Å². The second-order valence-electron chi connectivity index (χ2n) is 8.66. The van der Waals surface area contributed by atoms with Gasteiger partial charge >= 0.3 is 0 Å². The van der Waals surface area contributed by atoms with Crippen molar-refractivity contribution in [3.8, 4) is 0 Å². The summed E-state index contributed by atoms with van der Waals surface area (Å²) in [4.78, 5) is 15.1. The average Bonchev–Trinajstić information content (AvgIpc) is 2.83. The van der Waals surface area contributed by atoms with E-state index in [1.807, 2.05) is 19.1 Å². The lowest BCUT2D eigenvalue weighted by Crippen LogP contribution is -2.37. The van der Waals surface area contributed by atoms with E-state index in [1.165, 1.54) is 24.3 Å². The summed E-state index contributed by atoms with van der Waals surface area (Å²) in [7, 11) is -3.72. The van der Waals surface area contributed by atoms with Crippen LogP contribution in [0.4, 0.5) is 15.8 Å². The number of nitrogens with one attached hydrogen (secondary N) is 2. The number of hydrogen-bond acceptors (Lipinski definition) is 4. The summed E-state index contributed by atoms with van der Waals surface area (Å²) < 4.78 is 40.9. The van der Waals surface area contributed by atoms with Gasteiger partial charge in [-0.25, -0.2) is 12.8 Å². The van der Waals surface area contributed by atoms with E-state index >= 15 is 0 Å². The summed E-state index contributed by atoms with van der Waals surface area (Å²) in [6.45, 7) is 4.25. The third-order valence-corrected chi connectivity index (χ3v) is 7.41. The highest BCUT2D eigenvalue weighted by Gasteiger charge is 2.25. The largest absolute Gasteiger partial charge is 0.326 e. The molecule has 3 aromatic carbocycles. The van der Waals surface area contributed by atoms with Crippen LogP contribution in [-0.2, 0) is 21.4 Å². The molecule has 0 radical (unpaired) electrons. The molecule has 178 valence electrons. The monoisotopic (exact) mass is 481 g/mol. The summed E-state index contributed by atoms with van der Waals surface area (Å²) in [5.41, 5.74) is 3.15. The first-order chi connectivity index (χ1) is 16.3. The molecule has 34 heavy (non-hydrogen) atoms. The first-order valence-electron chi connectivity index (χ1n) is 11.3. The summed E-state index contributed by atoms with van der Waals surface area (Å²) >= 11 is 0. The third kappa shape index (κ3) is 6.21. The number of halogens is 1. The minimum absolute atomic E-state index is 0.0604. The number of carbonyl (C=O) groups excluding carboxylic acids is 1. The molecular formula is C26H28FN3O3S. The maximum atomic E-state index is 13.1. The van der Waals surface area contributed by atoms with Gasteiger partial charge in [0.1, 0.15) is 5.82 Å².